The van der Waals surface area contributed by atoms with Crippen molar-refractivity contribution in [1.29, 1.82) is 0 Å². The van der Waals surface area contributed by atoms with Crippen LogP contribution >= 0.6 is 23.2 Å². The van der Waals surface area contributed by atoms with Gasteiger partial charge in [0.15, 0.2) is 5.69 Å². The lowest BCUT2D eigenvalue weighted by atomic mass is 10.1. The van der Waals surface area contributed by atoms with Crippen LogP contribution in [-0.4, -0.2) is 19.7 Å². The molecule has 158 valence electrons. The Morgan fingerprint density at radius 2 is 1.55 bits per heavy atom. The molecule has 31 heavy (non-hydrogen) atoms. The Balaban J connectivity index is 1.62. The van der Waals surface area contributed by atoms with Gasteiger partial charge < -0.3 is 4.74 Å². The quantitative estimate of drug-likeness (QED) is 0.351. The van der Waals surface area contributed by atoms with Crippen LogP contribution in [0.5, 0.6) is 5.75 Å². The van der Waals surface area contributed by atoms with Gasteiger partial charge in [0.05, 0.1) is 15.7 Å². The maximum atomic E-state index is 13.3. The number of nitrogens with zero attached hydrogens (tertiary/aromatic N) is 4. The summed E-state index contributed by atoms with van der Waals surface area (Å²) in [6.45, 7) is -0.182. The largest absolute Gasteiger partial charge is 0.487 e. The van der Waals surface area contributed by atoms with E-state index >= 15 is 0 Å². The normalized spacial score (nSPS) is 11.5. The minimum Gasteiger partial charge on any atom is -0.487 e. The summed E-state index contributed by atoms with van der Waals surface area (Å²) in [7, 11) is 0. The van der Waals surface area contributed by atoms with E-state index in [4.69, 9.17) is 27.9 Å². The molecule has 2 heterocycles. The van der Waals surface area contributed by atoms with Crippen LogP contribution in [0.3, 0.4) is 0 Å². The van der Waals surface area contributed by atoms with Crippen LogP contribution in [0.25, 0.3) is 16.8 Å². The number of benzene rings is 2. The standard InChI is InChI=1S/C21H13Cl2F3N4O/c22-17-2-1-3-18(23)20(17)30-15(8-19(29-30)21(24,25)26)11-31-16-6-4-13(5-7-16)14-9-27-12-28-10-14/h1-10,12H,11H2. The van der Waals surface area contributed by atoms with Gasteiger partial charge in [-0.15, -0.1) is 0 Å². The minimum atomic E-state index is -4.63. The Morgan fingerprint density at radius 3 is 2.16 bits per heavy atom. The van der Waals surface area contributed by atoms with Gasteiger partial charge in [0.1, 0.15) is 24.4 Å². The summed E-state index contributed by atoms with van der Waals surface area (Å²) in [5.74, 6) is 0.465. The van der Waals surface area contributed by atoms with Crippen LogP contribution in [0, 0.1) is 0 Å². The van der Waals surface area contributed by atoms with Gasteiger partial charge in [-0.1, -0.05) is 41.4 Å². The Bertz CT molecular complexity index is 1180. The molecule has 5 nitrogen and oxygen atoms in total. The number of rotatable bonds is 5. The molecule has 0 fully saturated rings. The van der Waals surface area contributed by atoms with Crippen molar-refractivity contribution in [3.63, 3.8) is 0 Å². The maximum absolute atomic E-state index is 13.3. The number of ether oxygens (including phenoxy) is 1. The lowest BCUT2D eigenvalue weighted by Crippen LogP contribution is -2.09. The number of hydrogen-bond donors (Lipinski definition) is 0. The van der Waals surface area contributed by atoms with Crippen molar-refractivity contribution in [2.75, 3.05) is 0 Å². The first kappa shape index (κ1) is 21.1. The van der Waals surface area contributed by atoms with E-state index < -0.39 is 11.9 Å². The van der Waals surface area contributed by atoms with E-state index in [0.717, 1.165) is 21.9 Å². The Morgan fingerprint density at radius 1 is 0.903 bits per heavy atom. The first-order valence-corrected chi connectivity index (χ1v) is 9.67. The summed E-state index contributed by atoms with van der Waals surface area (Å²) < 4.78 is 46.6. The molecular weight excluding hydrogens is 452 g/mol. The third-order valence-corrected chi connectivity index (χ3v) is 4.97. The molecule has 0 amide bonds. The SMILES string of the molecule is FC(F)(F)c1cc(COc2ccc(-c3cncnc3)cc2)n(-c2c(Cl)cccc2Cl)n1. The van der Waals surface area contributed by atoms with Gasteiger partial charge in [-0.2, -0.15) is 18.3 Å². The fraction of sp³-hybridized carbons (Fsp3) is 0.0952. The van der Waals surface area contributed by atoms with Gasteiger partial charge in [0.2, 0.25) is 0 Å². The summed E-state index contributed by atoms with van der Waals surface area (Å²) in [5, 5.41) is 4.00. The van der Waals surface area contributed by atoms with Gasteiger partial charge >= 0.3 is 6.18 Å². The molecule has 0 unspecified atom stereocenters. The maximum Gasteiger partial charge on any atom is 0.435 e. The molecule has 4 aromatic rings. The van der Waals surface area contributed by atoms with Crippen LogP contribution < -0.4 is 4.74 Å². The highest BCUT2D eigenvalue weighted by Gasteiger charge is 2.35. The lowest BCUT2D eigenvalue weighted by Gasteiger charge is -2.12. The van der Waals surface area contributed by atoms with Gasteiger partial charge in [0.25, 0.3) is 0 Å². The Kier molecular flexibility index (Phi) is 5.84. The topological polar surface area (TPSA) is 52.8 Å². The van der Waals surface area contributed by atoms with Crippen molar-refractivity contribution in [3.8, 4) is 22.6 Å². The van der Waals surface area contributed by atoms with E-state index in [1.54, 1.807) is 42.7 Å². The van der Waals surface area contributed by atoms with Crippen molar-refractivity contribution in [3.05, 3.63) is 88.7 Å². The van der Waals surface area contributed by atoms with Crippen molar-refractivity contribution in [1.82, 2.24) is 19.7 Å². The highest BCUT2D eigenvalue weighted by atomic mass is 35.5. The number of para-hydroxylation sites is 1. The fourth-order valence-corrected chi connectivity index (χ4v) is 3.45. The van der Waals surface area contributed by atoms with Gasteiger partial charge in [-0.05, 0) is 35.9 Å². The molecule has 0 radical (unpaired) electrons. The smallest absolute Gasteiger partial charge is 0.435 e. The molecule has 0 bridgehead atoms. The second-order valence-electron chi connectivity index (χ2n) is 6.44. The third kappa shape index (κ3) is 4.65. The van der Waals surface area contributed by atoms with Crippen LogP contribution in [-0.2, 0) is 12.8 Å². The van der Waals surface area contributed by atoms with Crippen LogP contribution in [0.15, 0.2) is 67.3 Å². The molecule has 10 heteroatoms. The highest BCUT2D eigenvalue weighted by Crippen LogP contribution is 2.34. The minimum absolute atomic E-state index is 0.142. The van der Waals surface area contributed by atoms with Crippen LogP contribution in [0.2, 0.25) is 10.0 Å². The molecular formula is C21H13Cl2F3N4O. The van der Waals surface area contributed by atoms with Gasteiger partial charge in [-0.3, -0.25) is 0 Å². The zero-order valence-corrected chi connectivity index (χ0v) is 17.2. The molecule has 0 aliphatic carbocycles. The number of aromatic nitrogens is 4. The molecule has 0 N–H and O–H groups in total. The molecule has 0 aliphatic rings. The van der Waals surface area contributed by atoms with E-state index in [1.165, 1.54) is 18.5 Å². The fourth-order valence-electron chi connectivity index (χ4n) is 2.90. The zero-order chi connectivity index (χ0) is 22.0. The molecule has 2 aromatic carbocycles. The molecule has 0 spiro atoms. The second-order valence-corrected chi connectivity index (χ2v) is 7.26. The van der Waals surface area contributed by atoms with Crippen molar-refractivity contribution in [2.45, 2.75) is 12.8 Å². The average Bonchev–Trinajstić information content (AvgIpc) is 3.17. The second kappa shape index (κ2) is 8.56. The molecule has 0 saturated heterocycles. The van der Waals surface area contributed by atoms with E-state index in [2.05, 4.69) is 15.1 Å². The first-order chi connectivity index (χ1) is 14.8. The van der Waals surface area contributed by atoms with Crippen LogP contribution in [0.4, 0.5) is 13.2 Å². The monoisotopic (exact) mass is 464 g/mol. The Labute approximate surface area is 185 Å². The van der Waals surface area contributed by atoms with E-state index in [-0.39, 0.29) is 28.0 Å². The number of alkyl halides is 3. The number of halogens is 5. The highest BCUT2D eigenvalue weighted by molar-refractivity contribution is 6.37. The zero-order valence-electron chi connectivity index (χ0n) is 15.6. The summed E-state index contributed by atoms with van der Waals surface area (Å²) in [4.78, 5) is 7.94. The number of hydrogen-bond acceptors (Lipinski definition) is 4. The molecule has 2 aromatic heterocycles. The summed E-state index contributed by atoms with van der Waals surface area (Å²) >= 11 is 12.3. The molecule has 4 rings (SSSR count). The summed E-state index contributed by atoms with van der Waals surface area (Å²) in [6, 6.07) is 12.6. The van der Waals surface area contributed by atoms with Crippen molar-refractivity contribution < 1.29 is 17.9 Å². The van der Waals surface area contributed by atoms with Crippen LogP contribution in [0.1, 0.15) is 11.4 Å². The first-order valence-electron chi connectivity index (χ1n) is 8.91. The predicted molar refractivity (Wildman–Crippen MR) is 110 cm³/mol. The molecule has 0 atom stereocenters. The van der Waals surface area contributed by atoms with E-state index in [1.807, 2.05) is 0 Å². The van der Waals surface area contributed by atoms with Gasteiger partial charge in [-0.25, -0.2) is 14.6 Å². The lowest BCUT2D eigenvalue weighted by molar-refractivity contribution is -0.141. The Hall–Kier alpha value is -3.10. The van der Waals surface area contributed by atoms with Crippen molar-refractivity contribution >= 4 is 23.2 Å². The predicted octanol–water partition coefficient (Wildman–Crippen LogP) is 6.23. The summed E-state index contributed by atoms with van der Waals surface area (Å²) in [6.07, 6.45) is 0.151. The van der Waals surface area contributed by atoms with Gasteiger partial charge in [0, 0.05) is 18.0 Å². The van der Waals surface area contributed by atoms with Crippen molar-refractivity contribution in [2.24, 2.45) is 0 Å². The molecule has 0 aliphatic heterocycles. The van der Waals surface area contributed by atoms with E-state index in [0.29, 0.717) is 5.75 Å². The molecule has 0 saturated carbocycles. The average molecular weight is 465 g/mol. The third-order valence-electron chi connectivity index (χ3n) is 4.36. The summed E-state index contributed by atoms with van der Waals surface area (Å²) in [5.41, 5.74) is 0.930. The van der Waals surface area contributed by atoms with E-state index in [9.17, 15) is 13.2 Å².